The van der Waals surface area contributed by atoms with Crippen LogP contribution in [0, 0.1) is 13.8 Å². The summed E-state index contributed by atoms with van der Waals surface area (Å²) in [4.78, 5) is 30.1. The Hall–Kier alpha value is -4.83. The molecule has 0 aliphatic rings. The Kier molecular flexibility index (Phi) is 12.6. The molecule has 0 aliphatic heterocycles. The monoisotopic (exact) mass is 671 g/mol. The third-order valence-electron chi connectivity index (χ3n) is 8.12. The molecule has 0 saturated heterocycles. The first-order valence-electron chi connectivity index (χ1n) is 16.1. The number of carbonyl (C=O) groups is 2. The van der Waals surface area contributed by atoms with Crippen LogP contribution in [-0.2, 0) is 32.6 Å². The van der Waals surface area contributed by atoms with Gasteiger partial charge in [-0.05, 0) is 55.7 Å². The lowest BCUT2D eigenvalue weighted by molar-refractivity contribution is -0.140. The molecule has 1 N–H and O–H groups in total. The lowest BCUT2D eigenvalue weighted by Crippen LogP contribution is -2.53. The minimum atomic E-state index is -4.31. The molecule has 1 atom stereocenters. The summed E-state index contributed by atoms with van der Waals surface area (Å²) >= 11 is 0. The summed E-state index contributed by atoms with van der Waals surface area (Å²) in [6.45, 7) is 5.83. The van der Waals surface area contributed by atoms with E-state index in [4.69, 9.17) is 9.47 Å². The van der Waals surface area contributed by atoms with Gasteiger partial charge in [-0.15, -0.1) is 0 Å². The molecule has 0 spiro atoms. The highest BCUT2D eigenvalue weighted by Gasteiger charge is 2.35. The molecule has 0 saturated carbocycles. The van der Waals surface area contributed by atoms with Crippen molar-refractivity contribution in [1.29, 1.82) is 0 Å². The van der Waals surface area contributed by atoms with E-state index in [-0.39, 0.29) is 35.2 Å². The zero-order chi connectivity index (χ0) is 34.7. The molecule has 4 rings (SSSR count). The van der Waals surface area contributed by atoms with Crippen LogP contribution in [0.25, 0.3) is 0 Å². The molecular weight excluding hydrogens is 627 g/mol. The number of amides is 2. The number of nitrogens with zero attached hydrogens (tertiary/aromatic N) is 2. The second kappa shape index (κ2) is 16.8. The summed E-state index contributed by atoms with van der Waals surface area (Å²) in [5.74, 6) is -0.235. The summed E-state index contributed by atoms with van der Waals surface area (Å²) in [6, 6.07) is 27.5. The second-order valence-electron chi connectivity index (χ2n) is 11.7. The van der Waals surface area contributed by atoms with Gasteiger partial charge in [-0.3, -0.25) is 13.9 Å². The van der Waals surface area contributed by atoms with E-state index in [2.05, 4.69) is 5.32 Å². The van der Waals surface area contributed by atoms with E-state index in [1.54, 1.807) is 24.3 Å². The highest BCUT2D eigenvalue weighted by molar-refractivity contribution is 7.92. The van der Waals surface area contributed by atoms with Gasteiger partial charge < -0.3 is 19.7 Å². The molecule has 0 aromatic heterocycles. The van der Waals surface area contributed by atoms with Gasteiger partial charge in [-0.2, -0.15) is 0 Å². The van der Waals surface area contributed by atoms with Crippen LogP contribution in [0.2, 0.25) is 0 Å². The topological polar surface area (TPSA) is 105 Å². The average Bonchev–Trinajstić information content (AvgIpc) is 3.09. The highest BCUT2D eigenvalue weighted by atomic mass is 32.2. The largest absolute Gasteiger partial charge is 0.497 e. The van der Waals surface area contributed by atoms with E-state index in [0.29, 0.717) is 12.3 Å². The van der Waals surface area contributed by atoms with E-state index in [1.165, 1.54) is 37.3 Å². The minimum absolute atomic E-state index is 0.00833. The Morgan fingerprint density at radius 3 is 2.06 bits per heavy atom. The van der Waals surface area contributed by atoms with Gasteiger partial charge >= 0.3 is 0 Å². The van der Waals surface area contributed by atoms with Crippen molar-refractivity contribution in [2.24, 2.45) is 0 Å². The number of unbranched alkanes of at least 4 members (excludes halogenated alkanes) is 1. The Balaban J connectivity index is 1.85. The molecule has 0 bridgehead atoms. The number of nitrogens with one attached hydrogen (secondary N) is 1. The predicted octanol–water partition coefficient (Wildman–Crippen LogP) is 6.07. The van der Waals surface area contributed by atoms with Gasteiger partial charge in [0.15, 0.2) is 0 Å². The summed E-state index contributed by atoms with van der Waals surface area (Å²) in [6.07, 6.45) is 1.92. The fraction of sp³-hybridized carbons (Fsp3) is 0.316. The molecule has 0 radical (unpaired) electrons. The molecule has 9 nitrogen and oxygen atoms in total. The van der Waals surface area contributed by atoms with Crippen LogP contribution in [-0.4, -0.2) is 58.5 Å². The first kappa shape index (κ1) is 36.0. The van der Waals surface area contributed by atoms with E-state index in [1.807, 2.05) is 75.4 Å². The highest BCUT2D eigenvalue weighted by Crippen LogP contribution is 2.36. The van der Waals surface area contributed by atoms with Crippen LogP contribution < -0.4 is 19.1 Å². The molecule has 0 unspecified atom stereocenters. The third-order valence-corrected chi connectivity index (χ3v) is 9.89. The van der Waals surface area contributed by atoms with Gasteiger partial charge in [0.1, 0.15) is 24.1 Å². The van der Waals surface area contributed by atoms with E-state index in [0.717, 1.165) is 39.4 Å². The van der Waals surface area contributed by atoms with Crippen LogP contribution in [0.3, 0.4) is 0 Å². The minimum Gasteiger partial charge on any atom is -0.497 e. The number of methoxy groups -OCH3 is 2. The maximum atomic E-state index is 14.7. The maximum Gasteiger partial charge on any atom is 0.264 e. The van der Waals surface area contributed by atoms with Gasteiger partial charge in [0, 0.05) is 25.6 Å². The van der Waals surface area contributed by atoms with E-state index < -0.39 is 28.5 Å². The SMILES string of the molecule is CCCCNC(=O)[C@@H](Cc1ccccc1)N(Cc1ccc(C)cc1)C(=O)CN(c1cc(OC)ccc1OC)S(=O)(=O)c1ccc(C)cc1. The van der Waals surface area contributed by atoms with E-state index in [9.17, 15) is 18.0 Å². The van der Waals surface area contributed by atoms with Gasteiger partial charge in [-0.25, -0.2) is 8.42 Å². The van der Waals surface area contributed by atoms with Gasteiger partial charge in [0.2, 0.25) is 11.8 Å². The molecule has 2 amide bonds. The molecule has 0 heterocycles. The van der Waals surface area contributed by atoms with Gasteiger partial charge in [0.05, 0.1) is 24.8 Å². The molecule has 0 fully saturated rings. The molecule has 4 aromatic carbocycles. The second-order valence-corrected chi connectivity index (χ2v) is 13.6. The number of anilines is 1. The fourth-order valence-corrected chi connectivity index (χ4v) is 6.71. The van der Waals surface area contributed by atoms with Crippen LogP contribution in [0.5, 0.6) is 11.5 Å². The molecule has 254 valence electrons. The third kappa shape index (κ3) is 9.16. The first-order chi connectivity index (χ1) is 23.1. The number of rotatable bonds is 16. The molecule has 48 heavy (non-hydrogen) atoms. The van der Waals surface area contributed by atoms with Crippen molar-refractivity contribution < 1.29 is 27.5 Å². The number of sulfonamides is 1. The zero-order valence-corrected chi connectivity index (χ0v) is 29.1. The maximum absolute atomic E-state index is 14.7. The summed E-state index contributed by atoms with van der Waals surface area (Å²) in [5, 5.41) is 3.01. The number of hydrogen-bond acceptors (Lipinski definition) is 6. The fourth-order valence-electron chi connectivity index (χ4n) is 5.29. The summed E-state index contributed by atoms with van der Waals surface area (Å²) in [5.41, 5.74) is 3.75. The van der Waals surface area contributed by atoms with Crippen LogP contribution >= 0.6 is 0 Å². The van der Waals surface area contributed by atoms with Crippen LogP contribution in [0.15, 0.2) is 102 Å². The Bertz CT molecular complexity index is 1760. The van der Waals surface area contributed by atoms with Crippen molar-refractivity contribution in [1.82, 2.24) is 10.2 Å². The average molecular weight is 672 g/mol. The number of ether oxygens (including phenoxy) is 2. The van der Waals surface area contributed by atoms with Crippen LogP contribution in [0.4, 0.5) is 5.69 Å². The number of aryl methyl sites for hydroxylation is 2. The number of carbonyl (C=O) groups excluding carboxylic acids is 2. The number of hydrogen-bond donors (Lipinski definition) is 1. The van der Waals surface area contributed by atoms with Crippen LogP contribution in [0.1, 0.15) is 42.0 Å². The van der Waals surface area contributed by atoms with Crippen molar-refractivity contribution in [3.05, 3.63) is 119 Å². The Morgan fingerprint density at radius 2 is 1.46 bits per heavy atom. The summed E-state index contributed by atoms with van der Waals surface area (Å²) < 4.78 is 40.9. The Morgan fingerprint density at radius 1 is 0.812 bits per heavy atom. The van der Waals surface area contributed by atoms with Crippen molar-refractivity contribution in [2.45, 2.75) is 57.5 Å². The van der Waals surface area contributed by atoms with Gasteiger partial charge in [0.25, 0.3) is 10.0 Å². The first-order valence-corrected chi connectivity index (χ1v) is 17.5. The molecule has 0 aliphatic carbocycles. The standard InChI is InChI=1S/C38H45N3O6S/c1-6-7-23-39-38(43)35(24-30-11-9-8-10-12-30)40(26-31-17-13-28(2)14-18-31)37(42)27-41(34-25-32(46-4)19-22-36(34)47-5)48(44,45)33-20-15-29(3)16-21-33/h8-22,25,35H,6-7,23-24,26-27H2,1-5H3,(H,39,43)/t35-/m1/s1. The lowest BCUT2D eigenvalue weighted by atomic mass is 10.0. The molecular formula is C38H45N3O6S. The van der Waals surface area contributed by atoms with Crippen molar-refractivity contribution in [3.8, 4) is 11.5 Å². The normalized spacial score (nSPS) is 11.8. The number of benzene rings is 4. The Labute approximate surface area is 284 Å². The molecule has 10 heteroatoms. The van der Waals surface area contributed by atoms with Gasteiger partial charge in [-0.1, -0.05) is 91.2 Å². The predicted molar refractivity (Wildman–Crippen MR) is 189 cm³/mol. The van der Waals surface area contributed by atoms with E-state index >= 15 is 0 Å². The van der Waals surface area contributed by atoms with Crippen molar-refractivity contribution in [2.75, 3.05) is 31.6 Å². The lowest BCUT2D eigenvalue weighted by Gasteiger charge is -2.34. The van der Waals surface area contributed by atoms with Crippen molar-refractivity contribution >= 4 is 27.5 Å². The van der Waals surface area contributed by atoms with Crippen molar-refractivity contribution in [3.63, 3.8) is 0 Å². The smallest absolute Gasteiger partial charge is 0.264 e. The summed E-state index contributed by atoms with van der Waals surface area (Å²) in [7, 11) is -1.40. The zero-order valence-electron chi connectivity index (χ0n) is 28.3. The quantitative estimate of drug-likeness (QED) is 0.145. The molecule has 4 aromatic rings.